The van der Waals surface area contributed by atoms with Crippen LogP contribution < -0.4 is 0 Å². The van der Waals surface area contributed by atoms with E-state index >= 15 is 0 Å². The molecule has 1 aromatic carbocycles. The zero-order chi connectivity index (χ0) is 15.8. The van der Waals surface area contributed by atoms with E-state index in [-0.39, 0.29) is 6.10 Å². The number of hydrogen-bond donors (Lipinski definition) is 1. The van der Waals surface area contributed by atoms with Crippen molar-refractivity contribution in [2.75, 3.05) is 0 Å². The lowest BCUT2D eigenvalue weighted by atomic mass is 9.89. The lowest BCUT2D eigenvalue weighted by Crippen LogP contribution is -2.12. The summed E-state index contributed by atoms with van der Waals surface area (Å²) in [5, 5.41) is 9.81. The minimum Gasteiger partial charge on any atom is -0.389 e. The maximum atomic E-state index is 9.81. The van der Waals surface area contributed by atoms with E-state index in [0.29, 0.717) is 11.8 Å². The number of benzene rings is 1. The van der Waals surface area contributed by atoms with Crippen LogP contribution in [-0.4, -0.2) is 11.2 Å². The number of rotatable bonds is 8. The molecule has 0 saturated carbocycles. The van der Waals surface area contributed by atoms with Crippen molar-refractivity contribution < 1.29 is 5.11 Å². The van der Waals surface area contributed by atoms with Gasteiger partial charge in [0.25, 0.3) is 0 Å². The molecule has 0 heterocycles. The van der Waals surface area contributed by atoms with Gasteiger partial charge in [-0.05, 0) is 55.2 Å². The first-order chi connectivity index (χ1) is 9.93. The van der Waals surface area contributed by atoms with Crippen molar-refractivity contribution in [3.05, 3.63) is 40.8 Å². The van der Waals surface area contributed by atoms with Gasteiger partial charge in [-0.1, -0.05) is 63.1 Å². The normalized spacial score (nSPS) is 15.3. The molecule has 0 bridgehead atoms. The highest BCUT2D eigenvalue weighted by molar-refractivity contribution is 8.03. The van der Waals surface area contributed by atoms with Gasteiger partial charge in [0.05, 0.1) is 6.10 Å². The molecule has 0 unspecified atom stereocenters. The summed E-state index contributed by atoms with van der Waals surface area (Å²) in [6.45, 7) is 10.8. The quantitative estimate of drug-likeness (QED) is 0.611. The molecule has 0 aliphatic carbocycles. The van der Waals surface area contributed by atoms with Gasteiger partial charge in [-0.15, -0.1) is 0 Å². The molecule has 2 heteroatoms. The minimum atomic E-state index is -0.388. The van der Waals surface area contributed by atoms with Gasteiger partial charge in [0.15, 0.2) is 0 Å². The average molecular weight is 307 g/mol. The Morgan fingerprint density at radius 3 is 2.29 bits per heavy atom. The van der Waals surface area contributed by atoms with Crippen LogP contribution in [-0.2, 0) is 0 Å². The maximum absolute atomic E-state index is 9.81. The number of allylic oxidation sites excluding steroid dienone is 1. The Kier molecular flexibility index (Phi) is 8.13. The van der Waals surface area contributed by atoms with E-state index in [0.717, 1.165) is 0 Å². The second kappa shape index (κ2) is 9.32. The second-order valence-corrected chi connectivity index (χ2v) is 7.36. The topological polar surface area (TPSA) is 20.2 Å². The van der Waals surface area contributed by atoms with Gasteiger partial charge in [0.2, 0.25) is 0 Å². The first-order valence-corrected chi connectivity index (χ1v) is 8.90. The number of aliphatic hydroxyl groups excluding tert-OH is 1. The molecule has 118 valence electrons. The molecule has 1 N–H and O–H groups in total. The fraction of sp³-hybridized carbons (Fsp3) is 0.579. The van der Waals surface area contributed by atoms with Gasteiger partial charge in [-0.3, -0.25) is 0 Å². The SMILES string of the molecule is CCCC[C@@H](/C(=C/[C@H](C)O)Sc1ccc(C)cc1)C(C)C. The fourth-order valence-electron chi connectivity index (χ4n) is 2.44. The predicted octanol–water partition coefficient (Wildman–Crippen LogP) is 5.81. The number of thioether (sulfide) groups is 1. The molecular formula is C19H30OS. The van der Waals surface area contributed by atoms with Crippen molar-refractivity contribution in [2.45, 2.75) is 64.9 Å². The van der Waals surface area contributed by atoms with Crippen LogP contribution in [0, 0.1) is 18.8 Å². The summed E-state index contributed by atoms with van der Waals surface area (Å²) in [6.07, 6.45) is 5.31. The second-order valence-electron chi connectivity index (χ2n) is 6.22. The zero-order valence-electron chi connectivity index (χ0n) is 14.1. The first kappa shape index (κ1) is 18.3. The van der Waals surface area contributed by atoms with Crippen LogP contribution in [0.4, 0.5) is 0 Å². The molecule has 0 fully saturated rings. The molecule has 0 amide bonds. The third kappa shape index (κ3) is 6.71. The summed E-state index contributed by atoms with van der Waals surface area (Å²) in [5.74, 6) is 1.13. The van der Waals surface area contributed by atoms with Crippen molar-refractivity contribution in [2.24, 2.45) is 11.8 Å². The van der Waals surface area contributed by atoms with Crippen LogP contribution in [0.3, 0.4) is 0 Å². The van der Waals surface area contributed by atoms with E-state index in [1.54, 1.807) is 0 Å². The average Bonchev–Trinajstić information content (AvgIpc) is 2.40. The summed E-state index contributed by atoms with van der Waals surface area (Å²) >= 11 is 1.81. The molecule has 1 aromatic rings. The van der Waals surface area contributed by atoms with E-state index < -0.39 is 0 Å². The molecule has 21 heavy (non-hydrogen) atoms. The largest absolute Gasteiger partial charge is 0.389 e. The number of hydrogen-bond acceptors (Lipinski definition) is 2. The molecule has 1 nitrogen and oxygen atoms in total. The minimum absolute atomic E-state index is 0.388. The van der Waals surface area contributed by atoms with Crippen LogP contribution in [0.5, 0.6) is 0 Å². The highest BCUT2D eigenvalue weighted by atomic mass is 32.2. The van der Waals surface area contributed by atoms with Crippen molar-refractivity contribution >= 4 is 11.8 Å². The Balaban J connectivity index is 2.95. The summed E-state index contributed by atoms with van der Waals surface area (Å²) in [6, 6.07) is 8.65. The van der Waals surface area contributed by atoms with Crippen LogP contribution >= 0.6 is 11.8 Å². The summed E-state index contributed by atoms with van der Waals surface area (Å²) < 4.78 is 0. The van der Waals surface area contributed by atoms with Crippen molar-refractivity contribution in [3.8, 4) is 0 Å². The number of aryl methyl sites for hydroxylation is 1. The van der Waals surface area contributed by atoms with E-state index in [2.05, 4.69) is 52.0 Å². The summed E-state index contributed by atoms with van der Waals surface area (Å²) in [4.78, 5) is 2.58. The zero-order valence-corrected chi connectivity index (χ0v) is 14.9. The van der Waals surface area contributed by atoms with Gasteiger partial charge in [-0.2, -0.15) is 0 Å². The van der Waals surface area contributed by atoms with Gasteiger partial charge in [0.1, 0.15) is 0 Å². The lowest BCUT2D eigenvalue weighted by molar-refractivity contribution is 0.242. The molecular weight excluding hydrogens is 276 g/mol. The Morgan fingerprint density at radius 2 is 1.81 bits per heavy atom. The smallest absolute Gasteiger partial charge is 0.0703 e. The van der Waals surface area contributed by atoms with Gasteiger partial charge in [-0.25, -0.2) is 0 Å². The van der Waals surface area contributed by atoms with E-state index in [1.807, 2.05) is 24.8 Å². The molecule has 2 atom stereocenters. The molecule has 0 aromatic heterocycles. The predicted molar refractivity (Wildman–Crippen MR) is 94.7 cm³/mol. The van der Waals surface area contributed by atoms with Crippen molar-refractivity contribution in [1.82, 2.24) is 0 Å². The summed E-state index contributed by atoms with van der Waals surface area (Å²) in [7, 11) is 0. The molecule has 0 aliphatic rings. The van der Waals surface area contributed by atoms with E-state index in [4.69, 9.17) is 0 Å². The molecule has 1 rings (SSSR count). The maximum Gasteiger partial charge on any atom is 0.0703 e. The van der Waals surface area contributed by atoms with Gasteiger partial charge in [0, 0.05) is 4.90 Å². The molecule has 0 spiro atoms. The number of unbranched alkanes of at least 4 members (excludes halogenated alkanes) is 1. The lowest BCUT2D eigenvalue weighted by Gasteiger charge is -2.24. The van der Waals surface area contributed by atoms with Crippen LogP contribution in [0.15, 0.2) is 40.1 Å². The number of aliphatic hydroxyl groups is 1. The monoisotopic (exact) mass is 306 g/mol. The standard InChI is InChI=1S/C19H30OS/c1-6-7-8-18(14(2)3)19(13-16(5)20)21-17-11-9-15(4)10-12-17/h9-14,16,18,20H,6-8H2,1-5H3/b19-13-/t16-,18+/m0/s1. The Bertz CT molecular complexity index is 431. The van der Waals surface area contributed by atoms with Gasteiger partial charge < -0.3 is 5.11 Å². The molecule has 0 radical (unpaired) electrons. The van der Waals surface area contributed by atoms with Crippen LogP contribution in [0.2, 0.25) is 0 Å². The Hall–Kier alpha value is -0.730. The highest BCUT2D eigenvalue weighted by Gasteiger charge is 2.19. The van der Waals surface area contributed by atoms with Crippen molar-refractivity contribution in [3.63, 3.8) is 0 Å². The highest BCUT2D eigenvalue weighted by Crippen LogP contribution is 2.38. The Labute approximate surface area is 134 Å². The third-order valence-electron chi connectivity index (χ3n) is 3.70. The molecule has 0 saturated heterocycles. The van der Waals surface area contributed by atoms with Crippen LogP contribution in [0.1, 0.15) is 52.5 Å². The molecule has 0 aliphatic heterocycles. The first-order valence-electron chi connectivity index (χ1n) is 8.08. The van der Waals surface area contributed by atoms with E-state index in [9.17, 15) is 5.11 Å². The third-order valence-corrected chi connectivity index (χ3v) is 4.88. The fourth-order valence-corrected chi connectivity index (χ4v) is 3.79. The Morgan fingerprint density at radius 1 is 1.19 bits per heavy atom. The van der Waals surface area contributed by atoms with E-state index in [1.165, 1.54) is 34.6 Å². The summed E-state index contributed by atoms with van der Waals surface area (Å²) in [5.41, 5.74) is 1.28. The van der Waals surface area contributed by atoms with Crippen molar-refractivity contribution in [1.29, 1.82) is 0 Å². The van der Waals surface area contributed by atoms with Crippen LogP contribution in [0.25, 0.3) is 0 Å². The van der Waals surface area contributed by atoms with Gasteiger partial charge >= 0.3 is 0 Å².